The summed E-state index contributed by atoms with van der Waals surface area (Å²) >= 11 is 0. The number of sulfonamides is 1. The van der Waals surface area contributed by atoms with E-state index in [9.17, 15) is 18.0 Å². The van der Waals surface area contributed by atoms with E-state index in [2.05, 4.69) is 10.4 Å². The maximum absolute atomic E-state index is 12.9. The topological polar surface area (TPSA) is 124 Å². The van der Waals surface area contributed by atoms with Gasteiger partial charge in [-0.3, -0.25) is 9.59 Å². The third-order valence-corrected chi connectivity index (χ3v) is 5.60. The van der Waals surface area contributed by atoms with Crippen molar-refractivity contribution in [3.63, 3.8) is 0 Å². The van der Waals surface area contributed by atoms with E-state index in [1.165, 1.54) is 24.3 Å². The normalized spacial score (nSPS) is 11.4. The fourth-order valence-electron chi connectivity index (χ4n) is 3.22. The SMILES string of the molecule is NS(=O)(=O)c1ccc(NC(=O)Cn2nc(-c3ccccc3)c3ccccc3c2=O)cc1. The van der Waals surface area contributed by atoms with Crippen LogP contribution in [0, 0.1) is 0 Å². The zero-order valence-corrected chi connectivity index (χ0v) is 17.0. The highest BCUT2D eigenvalue weighted by molar-refractivity contribution is 7.89. The predicted octanol–water partition coefficient (Wildman–Crippen LogP) is 2.35. The zero-order valence-electron chi connectivity index (χ0n) is 16.2. The van der Waals surface area contributed by atoms with Crippen LogP contribution >= 0.6 is 0 Å². The number of fused-ring (bicyclic) bond motifs is 1. The Bertz CT molecular complexity index is 1430. The number of carbonyl (C=O) groups excluding carboxylic acids is 1. The van der Waals surface area contributed by atoms with Crippen LogP contribution in [0.2, 0.25) is 0 Å². The number of anilines is 1. The number of hydrogen-bond donors (Lipinski definition) is 2. The molecule has 8 nitrogen and oxygen atoms in total. The maximum atomic E-state index is 12.9. The third kappa shape index (κ3) is 4.37. The Kier molecular flexibility index (Phi) is 5.37. The second-order valence-corrected chi connectivity index (χ2v) is 8.40. The van der Waals surface area contributed by atoms with Crippen molar-refractivity contribution in [1.82, 2.24) is 9.78 Å². The van der Waals surface area contributed by atoms with Gasteiger partial charge in [0, 0.05) is 16.6 Å². The average Bonchev–Trinajstić information content (AvgIpc) is 2.76. The third-order valence-electron chi connectivity index (χ3n) is 4.67. The molecule has 0 aliphatic rings. The number of nitrogens with one attached hydrogen (secondary N) is 1. The van der Waals surface area contributed by atoms with Gasteiger partial charge in [0.1, 0.15) is 6.54 Å². The van der Waals surface area contributed by atoms with E-state index in [1.54, 1.807) is 12.1 Å². The van der Waals surface area contributed by atoms with Crippen LogP contribution in [-0.2, 0) is 21.4 Å². The number of nitrogens with two attached hydrogens (primary N) is 1. The molecular formula is C22H18N4O4S. The Morgan fingerprint density at radius 1 is 0.903 bits per heavy atom. The van der Waals surface area contributed by atoms with Gasteiger partial charge in [-0.25, -0.2) is 18.2 Å². The number of primary sulfonamides is 1. The van der Waals surface area contributed by atoms with E-state index in [4.69, 9.17) is 5.14 Å². The van der Waals surface area contributed by atoms with Gasteiger partial charge in [-0.1, -0.05) is 48.5 Å². The van der Waals surface area contributed by atoms with E-state index in [1.807, 2.05) is 42.5 Å². The average molecular weight is 434 g/mol. The van der Waals surface area contributed by atoms with Gasteiger partial charge in [0.25, 0.3) is 5.56 Å². The number of hydrogen-bond acceptors (Lipinski definition) is 5. The number of rotatable bonds is 5. The van der Waals surface area contributed by atoms with Gasteiger partial charge in [0.15, 0.2) is 0 Å². The Morgan fingerprint density at radius 3 is 2.16 bits per heavy atom. The van der Waals surface area contributed by atoms with Crippen LogP contribution in [-0.4, -0.2) is 24.1 Å². The Morgan fingerprint density at radius 2 is 1.52 bits per heavy atom. The van der Waals surface area contributed by atoms with Gasteiger partial charge in [0.05, 0.1) is 16.0 Å². The van der Waals surface area contributed by atoms with Crippen LogP contribution in [0.1, 0.15) is 0 Å². The molecule has 9 heteroatoms. The molecular weight excluding hydrogens is 416 g/mol. The molecule has 0 aliphatic heterocycles. The van der Waals surface area contributed by atoms with E-state index in [-0.39, 0.29) is 17.0 Å². The van der Waals surface area contributed by atoms with Crippen molar-refractivity contribution < 1.29 is 13.2 Å². The van der Waals surface area contributed by atoms with Crippen molar-refractivity contribution in [3.8, 4) is 11.3 Å². The molecule has 0 saturated carbocycles. The van der Waals surface area contributed by atoms with Crippen molar-refractivity contribution >= 4 is 32.4 Å². The van der Waals surface area contributed by atoms with Crippen LogP contribution in [0.5, 0.6) is 0 Å². The smallest absolute Gasteiger partial charge is 0.275 e. The molecule has 0 unspecified atom stereocenters. The van der Waals surface area contributed by atoms with Gasteiger partial charge in [-0.05, 0) is 30.3 Å². The summed E-state index contributed by atoms with van der Waals surface area (Å²) in [6, 6.07) is 21.9. The highest BCUT2D eigenvalue weighted by Crippen LogP contribution is 2.24. The molecule has 3 aromatic carbocycles. The van der Waals surface area contributed by atoms with Gasteiger partial charge in [-0.2, -0.15) is 5.10 Å². The fraction of sp³-hybridized carbons (Fsp3) is 0.0455. The van der Waals surface area contributed by atoms with Crippen LogP contribution in [0.3, 0.4) is 0 Å². The van der Waals surface area contributed by atoms with Crippen molar-refractivity contribution in [1.29, 1.82) is 0 Å². The molecule has 0 saturated heterocycles. The summed E-state index contributed by atoms with van der Waals surface area (Å²) in [7, 11) is -3.82. The lowest BCUT2D eigenvalue weighted by molar-refractivity contribution is -0.117. The molecule has 1 amide bonds. The van der Waals surface area contributed by atoms with Gasteiger partial charge < -0.3 is 5.32 Å². The molecule has 31 heavy (non-hydrogen) atoms. The molecule has 0 aliphatic carbocycles. The minimum Gasteiger partial charge on any atom is -0.324 e. The van der Waals surface area contributed by atoms with Gasteiger partial charge in [-0.15, -0.1) is 0 Å². The first-order valence-electron chi connectivity index (χ1n) is 9.31. The summed E-state index contributed by atoms with van der Waals surface area (Å²) in [5.41, 5.74) is 1.41. The predicted molar refractivity (Wildman–Crippen MR) is 118 cm³/mol. The molecule has 0 fully saturated rings. The minimum atomic E-state index is -3.82. The number of aromatic nitrogens is 2. The van der Waals surface area contributed by atoms with Crippen LogP contribution in [0.15, 0.2) is 88.6 Å². The molecule has 156 valence electrons. The lowest BCUT2D eigenvalue weighted by Crippen LogP contribution is -2.30. The Labute approximate surface area is 178 Å². The molecule has 0 spiro atoms. The van der Waals surface area contributed by atoms with Crippen LogP contribution in [0.4, 0.5) is 5.69 Å². The van der Waals surface area contributed by atoms with E-state index < -0.39 is 15.9 Å². The second kappa shape index (κ2) is 8.13. The molecule has 0 bridgehead atoms. The molecule has 1 heterocycles. The lowest BCUT2D eigenvalue weighted by atomic mass is 10.1. The Balaban J connectivity index is 1.66. The van der Waals surface area contributed by atoms with E-state index in [0.717, 1.165) is 10.2 Å². The van der Waals surface area contributed by atoms with Crippen molar-refractivity contribution in [3.05, 3.63) is 89.2 Å². The Hall–Kier alpha value is -3.82. The van der Waals surface area contributed by atoms with Crippen molar-refractivity contribution in [2.24, 2.45) is 5.14 Å². The maximum Gasteiger partial charge on any atom is 0.275 e. The monoisotopic (exact) mass is 434 g/mol. The van der Waals surface area contributed by atoms with E-state index in [0.29, 0.717) is 22.2 Å². The summed E-state index contributed by atoms with van der Waals surface area (Å²) in [5, 5.41) is 13.3. The molecule has 0 radical (unpaired) electrons. The standard InChI is InChI=1S/C22H18N4O4S/c23-31(29,30)17-12-10-16(11-13-17)24-20(27)14-26-22(28)19-9-5-4-8-18(19)21(25-26)15-6-2-1-3-7-15/h1-13H,14H2,(H,24,27)(H2,23,29,30). The molecule has 3 N–H and O–H groups in total. The van der Waals surface area contributed by atoms with E-state index >= 15 is 0 Å². The second-order valence-electron chi connectivity index (χ2n) is 6.84. The quantitative estimate of drug-likeness (QED) is 0.499. The van der Waals surface area contributed by atoms with Crippen molar-refractivity contribution in [2.75, 3.05) is 5.32 Å². The van der Waals surface area contributed by atoms with Gasteiger partial charge >= 0.3 is 0 Å². The number of benzene rings is 3. The van der Waals surface area contributed by atoms with Crippen LogP contribution < -0.4 is 16.0 Å². The summed E-state index contributed by atoms with van der Waals surface area (Å²) < 4.78 is 23.8. The summed E-state index contributed by atoms with van der Waals surface area (Å²) in [5.74, 6) is -0.479. The fourth-order valence-corrected chi connectivity index (χ4v) is 3.73. The number of amides is 1. The van der Waals surface area contributed by atoms with Crippen LogP contribution in [0.25, 0.3) is 22.0 Å². The first kappa shape index (κ1) is 20.5. The first-order chi connectivity index (χ1) is 14.8. The van der Waals surface area contributed by atoms with Gasteiger partial charge in [0.2, 0.25) is 15.9 Å². The highest BCUT2D eigenvalue weighted by atomic mass is 32.2. The lowest BCUT2D eigenvalue weighted by Gasteiger charge is -2.12. The molecule has 4 rings (SSSR count). The zero-order chi connectivity index (χ0) is 22.0. The summed E-state index contributed by atoms with van der Waals surface area (Å²) in [6.07, 6.45) is 0. The summed E-state index contributed by atoms with van der Waals surface area (Å²) in [4.78, 5) is 25.4. The molecule has 4 aromatic rings. The van der Waals surface area contributed by atoms with Crippen molar-refractivity contribution in [2.45, 2.75) is 11.4 Å². The molecule has 0 atom stereocenters. The first-order valence-corrected chi connectivity index (χ1v) is 10.9. The number of nitrogens with zero attached hydrogens (tertiary/aromatic N) is 2. The summed E-state index contributed by atoms with van der Waals surface area (Å²) in [6.45, 7) is -0.305. The number of carbonyl (C=O) groups is 1. The largest absolute Gasteiger partial charge is 0.324 e. The molecule has 1 aromatic heterocycles. The minimum absolute atomic E-state index is 0.0644. The highest BCUT2D eigenvalue weighted by Gasteiger charge is 2.14.